The van der Waals surface area contributed by atoms with Crippen molar-refractivity contribution in [2.24, 2.45) is 0 Å². The van der Waals surface area contributed by atoms with Crippen molar-refractivity contribution in [2.75, 3.05) is 6.79 Å². The molecule has 8 nitrogen and oxygen atoms in total. The van der Waals surface area contributed by atoms with E-state index in [9.17, 15) is 10.1 Å². The maximum Gasteiger partial charge on any atom is 0.270 e. The first-order valence-corrected chi connectivity index (χ1v) is 11.8. The van der Waals surface area contributed by atoms with Gasteiger partial charge in [-0.1, -0.05) is 35.5 Å². The second-order valence-electron chi connectivity index (χ2n) is 7.74. The van der Waals surface area contributed by atoms with Crippen LogP contribution in [0.2, 0.25) is 5.02 Å². The van der Waals surface area contributed by atoms with Gasteiger partial charge in [-0.05, 0) is 48.9 Å². The zero-order valence-corrected chi connectivity index (χ0v) is 19.7. The summed E-state index contributed by atoms with van der Waals surface area (Å²) in [5.74, 6) is 1.72. The molecule has 0 fully saturated rings. The summed E-state index contributed by atoms with van der Waals surface area (Å²) in [6.45, 7) is 2.41. The Hall–Kier alpha value is -3.40. The maximum atomic E-state index is 11.4. The molecule has 172 valence electrons. The fourth-order valence-corrected chi connectivity index (χ4v) is 4.83. The zero-order valence-electron chi connectivity index (χ0n) is 18.1. The molecule has 0 unspecified atom stereocenters. The van der Waals surface area contributed by atoms with Gasteiger partial charge in [-0.15, -0.1) is 10.2 Å². The van der Waals surface area contributed by atoms with Gasteiger partial charge in [0.15, 0.2) is 17.8 Å². The molecule has 0 radical (unpaired) electrons. The summed E-state index contributed by atoms with van der Waals surface area (Å²) in [7, 11) is 0. The van der Waals surface area contributed by atoms with E-state index in [1.54, 1.807) is 6.07 Å². The topological polar surface area (TPSA) is 92.3 Å². The number of nitro benzene ring substituents is 1. The van der Waals surface area contributed by atoms with Gasteiger partial charge >= 0.3 is 0 Å². The van der Waals surface area contributed by atoms with Crippen LogP contribution in [0.4, 0.5) is 5.69 Å². The number of hydrogen-bond donors (Lipinski definition) is 0. The maximum absolute atomic E-state index is 11.4. The van der Waals surface area contributed by atoms with Crippen LogP contribution in [0, 0.1) is 17.0 Å². The van der Waals surface area contributed by atoms with Gasteiger partial charge in [-0.3, -0.25) is 14.7 Å². The molecule has 0 aliphatic carbocycles. The largest absolute Gasteiger partial charge is 0.467 e. The first kappa shape index (κ1) is 22.4. The minimum Gasteiger partial charge on any atom is -0.467 e. The molecule has 0 N–H and O–H groups in total. The standard InChI is InChI=1S/C24H19ClN4O4S/c1-15-3-2-4-20(9-15)28-23(16-5-7-19(25)8-6-16)26-27-24(28)34-13-18-11-21(29(30)31)10-17-12-32-14-33-22(17)18/h2-11H,12-14H2,1H3. The normalized spacial score (nSPS) is 12.8. The molecule has 1 aromatic heterocycles. The Bertz CT molecular complexity index is 1370. The van der Waals surface area contributed by atoms with E-state index in [1.807, 2.05) is 54.0 Å². The van der Waals surface area contributed by atoms with E-state index in [0.29, 0.717) is 38.6 Å². The van der Waals surface area contributed by atoms with E-state index in [1.165, 1.54) is 17.8 Å². The predicted molar refractivity (Wildman–Crippen MR) is 129 cm³/mol. The number of nitrogens with zero attached hydrogens (tertiary/aromatic N) is 4. The number of aromatic nitrogens is 3. The average molecular weight is 495 g/mol. The van der Waals surface area contributed by atoms with Gasteiger partial charge in [0.2, 0.25) is 0 Å². The van der Waals surface area contributed by atoms with E-state index >= 15 is 0 Å². The number of halogens is 1. The highest BCUT2D eigenvalue weighted by Crippen LogP contribution is 2.37. The molecule has 10 heteroatoms. The number of aryl methyl sites for hydroxylation is 1. The molecular weight excluding hydrogens is 476 g/mol. The number of ether oxygens (including phenoxy) is 2. The van der Waals surface area contributed by atoms with E-state index < -0.39 is 4.92 Å². The number of benzene rings is 3. The number of nitro groups is 1. The quantitative estimate of drug-likeness (QED) is 0.185. The number of fused-ring (bicyclic) bond motifs is 1. The first-order valence-electron chi connectivity index (χ1n) is 10.4. The number of rotatable bonds is 6. The lowest BCUT2D eigenvalue weighted by molar-refractivity contribution is -0.385. The zero-order chi connectivity index (χ0) is 23.7. The third kappa shape index (κ3) is 4.50. The third-order valence-corrected chi connectivity index (χ3v) is 6.56. The van der Waals surface area contributed by atoms with Crippen molar-refractivity contribution in [3.05, 3.63) is 92.5 Å². The molecule has 5 rings (SSSR count). The van der Waals surface area contributed by atoms with Gasteiger partial charge < -0.3 is 9.47 Å². The number of thioether (sulfide) groups is 1. The van der Waals surface area contributed by atoms with Crippen LogP contribution >= 0.6 is 23.4 Å². The Morgan fingerprint density at radius 1 is 1.15 bits per heavy atom. The molecular formula is C24H19ClN4O4S. The SMILES string of the molecule is Cc1cccc(-n2c(SCc3cc([N+](=O)[O-])cc4c3OCOC4)nnc2-c2ccc(Cl)cc2)c1. The lowest BCUT2D eigenvalue weighted by Crippen LogP contribution is -2.13. The molecule has 0 saturated heterocycles. The van der Waals surface area contributed by atoms with Gasteiger partial charge in [0, 0.05) is 45.3 Å². The minimum atomic E-state index is -0.406. The molecule has 3 aromatic carbocycles. The van der Waals surface area contributed by atoms with Crippen LogP contribution in [0.25, 0.3) is 17.1 Å². The summed E-state index contributed by atoms with van der Waals surface area (Å²) in [6.07, 6.45) is 0. The third-order valence-electron chi connectivity index (χ3n) is 5.33. The average Bonchev–Trinajstić information content (AvgIpc) is 3.26. The fraction of sp³-hybridized carbons (Fsp3) is 0.167. The molecule has 4 aromatic rings. The van der Waals surface area contributed by atoms with Crippen molar-refractivity contribution in [3.8, 4) is 22.8 Å². The predicted octanol–water partition coefficient (Wildman–Crippen LogP) is 5.96. The minimum absolute atomic E-state index is 0.00505. The summed E-state index contributed by atoms with van der Waals surface area (Å²) in [5.41, 5.74) is 4.28. The monoisotopic (exact) mass is 494 g/mol. The summed E-state index contributed by atoms with van der Waals surface area (Å²) < 4.78 is 13.0. The summed E-state index contributed by atoms with van der Waals surface area (Å²) in [5, 5.41) is 21.6. The van der Waals surface area contributed by atoms with Gasteiger partial charge in [0.1, 0.15) is 5.75 Å². The molecule has 0 atom stereocenters. The van der Waals surface area contributed by atoms with Crippen molar-refractivity contribution in [1.29, 1.82) is 0 Å². The summed E-state index contributed by atoms with van der Waals surface area (Å²) in [4.78, 5) is 11.0. The highest BCUT2D eigenvalue weighted by molar-refractivity contribution is 7.98. The Labute approximate surface area is 204 Å². The molecule has 0 saturated carbocycles. The van der Waals surface area contributed by atoms with Crippen LogP contribution in [0.3, 0.4) is 0 Å². The highest BCUT2D eigenvalue weighted by Gasteiger charge is 2.23. The molecule has 0 bridgehead atoms. The summed E-state index contributed by atoms with van der Waals surface area (Å²) >= 11 is 7.51. The Morgan fingerprint density at radius 3 is 2.74 bits per heavy atom. The van der Waals surface area contributed by atoms with Gasteiger partial charge in [-0.25, -0.2) is 0 Å². The Morgan fingerprint density at radius 2 is 1.97 bits per heavy atom. The van der Waals surface area contributed by atoms with Crippen molar-refractivity contribution in [3.63, 3.8) is 0 Å². The fourth-order valence-electron chi connectivity index (χ4n) is 3.78. The molecule has 2 heterocycles. The lowest BCUT2D eigenvalue weighted by atomic mass is 10.1. The van der Waals surface area contributed by atoms with Crippen LogP contribution in [0.15, 0.2) is 65.8 Å². The first-order chi connectivity index (χ1) is 16.5. The van der Waals surface area contributed by atoms with Crippen LogP contribution in [0.5, 0.6) is 5.75 Å². The smallest absolute Gasteiger partial charge is 0.270 e. The van der Waals surface area contributed by atoms with Crippen molar-refractivity contribution in [1.82, 2.24) is 14.8 Å². The van der Waals surface area contributed by atoms with Crippen molar-refractivity contribution < 1.29 is 14.4 Å². The molecule has 0 amide bonds. The van der Waals surface area contributed by atoms with E-state index in [0.717, 1.165) is 16.8 Å². The van der Waals surface area contributed by atoms with Crippen molar-refractivity contribution >= 4 is 29.1 Å². The number of non-ortho nitro benzene ring substituents is 1. The molecule has 1 aliphatic rings. The van der Waals surface area contributed by atoms with Gasteiger partial charge in [0.05, 0.1) is 11.5 Å². The van der Waals surface area contributed by atoms with Crippen molar-refractivity contribution in [2.45, 2.75) is 24.4 Å². The van der Waals surface area contributed by atoms with E-state index in [4.69, 9.17) is 21.1 Å². The van der Waals surface area contributed by atoms with Gasteiger partial charge in [0.25, 0.3) is 5.69 Å². The number of hydrogen-bond acceptors (Lipinski definition) is 7. The molecule has 0 spiro atoms. The summed E-state index contributed by atoms with van der Waals surface area (Å²) in [6, 6.07) is 18.5. The lowest BCUT2D eigenvalue weighted by Gasteiger charge is -2.20. The van der Waals surface area contributed by atoms with Crippen LogP contribution in [0.1, 0.15) is 16.7 Å². The van der Waals surface area contributed by atoms with Crippen LogP contribution < -0.4 is 4.74 Å². The van der Waals surface area contributed by atoms with E-state index in [-0.39, 0.29) is 19.1 Å². The molecule has 34 heavy (non-hydrogen) atoms. The highest BCUT2D eigenvalue weighted by atomic mass is 35.5. The van der Waals surface area contributed by atoms with Gasteiger partial charge in [-0.2, -0.15) is 0 Å². The van der Waals surface area contributed by atoms with Crippen LogP contribution in [-0.4, -0.2) is 26.5 Å². The van der Waals surface area contributed by atoms with Crippen LogP contribution in [-0.2, 0) is 17.1 Å². The Balaban J connectivity index is 1.55. The second-order valence-corrected chi connectivity index (χ2v) is 9.12. The Kier molecular flexibility index (Phi) is 6.23. The molecule has 1 aliphatic heterocycles. The van der Waals surface area contributed by atoms with E-state index in [2.05, 4.69) is 16.3 Å². The second kappa shape index (κ2) is 9.46.